The number of anilines is 3. The number of aromatic nitrogens is 2. The van der Waals surface area contributed by atoms with Crippen molar-refractivity contribution < 1.29 is 32.2 Å². The summed E-state index contributed by atoms with van der Waals surface area (Å²) in [5, 5.41) is 10.1. The molecular weight excluding hydrogens is 601 g/mol. The fourth-order valence-corrected chi connectivity index (χ4v) is 6.10. The Morgan fingerprint density at radius 1 is 1.00 bits per heavy atom. The van der Waals surface area contributed by atoms with Crippen molar-refractivity contribution in [1.82, 2.24) is 14.9 Å². The minimum absolute atomic E-state index is 0.0481. The molecule has 0 amide bonds. The molecule has 0 atom stereocenters. The summed E-state index contributed by atoms with van der Waals surface area (Å²) in [6.07, 6.45) is 4.62. The SMILES string of the molecule is COc1ccccc1S(=O)(=O)Nc1ccc(Nc2cc(-c3ccc(OCCC4CCN(C)CC4)c(F)c3)ncn2)cc1.O=CO. The van der Waals surface area contributed by atoms with Crippen molar-refractivity contribution >= 4 is 33.7 Å². The van der Waals surface area contributed by atoms with E-state index in [1.165, 1.54) is 25.6 Å². The van der Waals surface area contributed by atoms with E-state index in [2.05, 4.69) is 32.0 Å². The molecule has 11 nitrogen and oxygen atoms in total. The number of nitrogens with one attached hydrogen (secondary N) is 2. The van der Waals surface area contributed by atoms with Gasteiger partial charge in [0.05, 0.1) is 19.4 Å². The molecule has 0 saturated carbocycles. The van der Waals surface area contributed by atoms with Gasteiger partial charge in [0, 0.05) is 23.0 Å². The van der Waals surface area contributed by atoms with E-state index in [1.54, 1.807) is 60.7 Å². The number of likely N-dealkylation sites (tertiary alicyclic amines) is 1. The van der Waals surface area contributed by atoms with E-state index in [-0.39, 0.29) is 22.9 Å². The number of carbonyl (C=O) groups is 1. The molecule has 0 aliphatic carbocycles. The Bertz CT molecular complexity index is 1670. The van der Waals surface area contributed by atoms with Gasteiger partial charge in [0.25, 0.3) is 16.5 Å². The van der Waals surface area contributed by atoms with Crippen LogP contribution in [0.4, 0.5) is 21.6 Å². The second kappa shape index (κ2) is 15.8. The van der Waals surface area contributed by atoms with Crippen LogP contribution in [0.25, 0.3) is 11.3 Å². The van der Waals surface area contributed by atoms with Gasteiger partial charge >= 0.3 is 0 Å². The van der Waals surface area contributed by atoms with Gasteiger partial charge in [-0.25, -0.2) is 22.8 Å². The number of ether oxygens (including phenoxy) is 2. The molecule has 0 radical (unpaired) electrons. The van der Waals surface area contributed by atoms with Crippen LogP contribution >= 0.6 is 0 Å². The number of nitrogens with zero attached hydrogens (tertiary/aromatic N) is 3. The summed E-state index contributed by atoms with van der Waals surface area (Å²) < 4.78 is 54.0. The lowest BCUT2D eigenvalue weighted by Gasteiger charge is -2.28. The molecule has 4 aromatic rings. The maximum Gasteiger partial charge on any atom is 0.290 e. The number of para-hydroxylation sites is 1. The minimum Gasteiger partial charge on any atom is -0.495 e. The topological polar surface area (TPSA) is 143 Å². The number of carboxylic acid groups (broad SMARTS) is 1. The first kappa shape index (κ1) is 33.1. The summed E-state index contributed by atoms with van der Waals surface area (Å²) in [7, 11) is -0.281. The third kappa shape index (κ3) is 9.37. The van der Waals surface area contributed by atoms with E-state index in [0.29, 0.717) is 41.0 Å². The second-order valence-electron chi connectivity index (χ2n) is 10.4. The summed E-state index contributed by atoms with van der Waals surface area (Å²) in [4.78, 5) is 19.3. The fraction of sp³-hybridized carbons (Fsp3) is 0.281. The summed E-state index contributed by atoms with van der Waals surface area (Å²) in [5.41, 5.74) is 2.21. The molecule has 1 aliphatic heterocycles. The zero-order valence-electron chi connectivity index (χ0n) is 25.0. The number of piperidine rings is 1. The Kier molecular flexibility index (Phi) is 11.7. The third-order valence-electron chi connectivity index (χ3n) is 7.28. The summed E-state index contributed by atoms with van der Waals surface area (Å²) in [6, 6.07) is 19.7. The predicted molar refractivity (Wildman–Crippen MR) is 170 cm³/mol. The number of sulfonamides is 1. The normalized spacial score (nSPS) is 13.7. The van der Waals surface area contributed by atoms with Crippen LogP contribution in [0.5, 0.6) is 11.5 Å². The van der Waals surface area contributed by atoms with Crippen molar-refractivity contribution in [3.63, 3.8) is 0 Å². The monoisotopic (exact) mass is 637 g/mol. The van der Waals surface area contributed by atoms with E-state index in [9.17, 15) is 12.8 Å². The molecule has 3 aromatic carbocycles. The van der Waals surface area contributed by atoms with Gasteiger partial charge in [-0.05, 0) is 99.9 Å². The van der Waals surface area contributed by atoms with Crippen LogP contribution in [0.2, 0.25) is 0 Å². The number of methoxy groups -OCH3 is 1. The van der Waals surface area contributed by atoms with Crippen molar-refractivity contribution in [2.75, 3.05) is 43.9 Å². The maximum absolute atomic E-state index is 14.9. The van der Waals surface area contributed by atoms with E-state index in [1.807, 2.05) is 0 Å². The molecule has 45 heavy (non-hydrogen) atoms. The molecule has 0 bridgehead atoms. The maximum atomic E-state index is 14.9. The number of halogens is 1. The lowest BCUT2D eigenvalue weighted by Crippen LogP contribution is -2.30. The van der Waals surface area contributed by atoms with Crippen molar-refractivity contribution in [2.45, 2.75) is 24.2 Å². The summed E-state index contributed by atoms with van der Waals surface area (Å²) >= 11 is 0. The lowest BCUT2D eigenvalue weighted by atomic mass is 9.94. The van der Waals surface area contributed by atoms with Crippen molar-refractivity contribution in [2.24, 2.45) is 5.92 Å². The Balaban J connectivity index is 0.00000148. The zero-order valence-corrected chi connectivity index (χ0v) is 25.8. The predicted octanol–water partition coefficient (Wildman–Crippen LogP) is 5.65. The average molecular weight is 638 g/mol. The quantitative estimate of drug-likeness (QED) is 0.177. The molecule has 238 valence electrons. The molecule has 5 rings (SSSR count). The first-order valence-electron chi connectivity index (χ1n) is 14.3. The van der Waals surface area contributed by atoms with Gasteiger partial charge in [-0.15, -0.1) is 0 Å². The van der Waals surface area contributed by atoms with Crippen LogP contribution in [0, 0.1) is 11.7 Å². The summed E-state index contributed by atoms with van der Waals surface area (Å²) in [6.45, 7) is 2.44. The highest BCUT2D eigenvalue weighted by Gasteiger charge is 2.19. The number of hydrogen-bond acceptors (Lipinski definition) is 9. The van der Waals surface area contributed by atoms with Crippen molar-refractivity contribution in [3.8, 4) is 22.8 Å². The van der Waals surface area contributed by atoms with Gasteiger partial charge in [-0.3, -0.25) is 9.52 Å². The molecule has 1 saturated heterocycles. The van der Waals surface area contributed by atoms with Gasteiger partial charge in [0.15, 0.2) is 11.6 Å². The van der Waals surface area contributed by atoms with Gasteiger partial charge in [-0.1, -0.05) is 12.1 Å². The van der Waals surface area contributed by atoms with Crippen LogP contribution in [0.15, 0.2) is 84.0 Å². The molecule has 1 aromatic heterocycles. The van der Waals surface area contributed by atoms with E-state index in [0.717, 1.165) is 32.4 Å². The second-order valence-corrected chi connectivity index (χ2v) is 12.0. The van der Waals surface area contributed by atoms with E-state index < -0.39 is 15.8 Å². The molecule has 2 heterocycles. The molecule has 1 fully saturated rings. The molecule has 0 unspecified atom stereocenters. The molecule has 1 aliphatic rings. The summed E-state index contributed by atoms with van der Waals surface area (Å²) in [5.74, 6) is 1.18. The molecule has 13 heteroatoms. The molecule has 0 spiro atoms. The Morgan fingerprint density at radius 3 is 2.38 bits per heavy atom. The number of hydrogen-bond donors (Lipinski definition) is 3. The lowest BCUT2D eigenvalue weighted by molar-refractivity contribution is -0.122. The fourth-order valence-electron chi connectivity index (χ4n) is 4.87. The molecular formula is C32H36FN5O6S. The van der Waals surface area contributed by atoms with Gasteiger partial charge < -0.3 is 24.8 Å². The highest BCUT2D eigenvalue weighted by atomic mass is 32.2. The number of rotatable bonds is 11. The highest BCUT2D eigenvalue weighted by molar-refractivity contribution is 7.92. The smallest absolute Gasteiger partial charge is 0.290 e. The Hall–Kier alpha value is -4.75. The Morgan fingerprint density at radius 2 is 1.69 bits per heavy atom. The van der Waals surface area contributed by atoms with Crippen LogP contribution in [0.3, 0.4) is 0 Å². The molecule has 3 N–H and O–H groups in total. The Labute approximate surface area is 262 Å². The number of benzene rings is 3. The largest absolute Gasteiger partial charge is 0.495 e. The van der Waals surface area contributed by atoms with Crippen molar-refractivity contribution in [1.29, 1.82) is 0 Å². The first-order valence-corrected chi connectivity index (χ1v) is 15.7. The van der Waals surface area contributed by atoms with Crippen LogP contribution < -0.4 is 19.5 Å². The minimum atomic E-state index is -3.84. The van der Waals surface area contributed by atoms with Crippen LogP contribution in [-0.2, 0) is 14.8 Å². The van der Waals surface area contributed by atoms with Crippen LogP contribution in [-0.4, -0.2) is 68.7 Å². The van der Waals surface area contributed by atoms with Gasteiger partial charge in [-0.2, -0.15) is 0 Å². The van der Waals surface area contributed by atoms with Crippen LogP contribution in [0.1, 0.15) is 19.3 Å². The van der Waals surface area contributed by atoms with Gasteiger partial charge in [0.1, 0.15) is 22.8 Å². The zero-order chi connectivity index (χ0) is 32.2. The third-order valence-corrected chi connectivity index (χ3v) is 8.71. The highest BCUT2D eigenvalue weighted by Crippen LogP contribution is 2.29. The standard InChI is InChI=1S/C31H34FN5O4S.CH2O2/c1-37-16-13-22(14-17-37)15-18-41-28-12-7-23(19-26(28)32)27-20-31(34-21-33-27)35-24-8-10-25(11-9-24)36-42(38,39)30-6-4-3-5-29(30)40-2;2-1-3/h3-12,19-22,36H,13-18H2,1-2H3,(H,33,34,35);1H,(H,2,3). The van der Waals surface area contributed by atoms with E-state index >= 15 is 0 Å². The first-order chi connectivity index (χ1) is 21.7. The van der Waals surface area contributed by atoms with E-state index in [4.69, 9.17) is 19.4 Å². The van der Waals surface area contributed by atoms with Crippen molar-refractivity contribution in [3.05, 3.63) is 84.9 Å². The van der Waals surface area contributed by atoms with Gasteiger partial charge in [0.2, 0.25) is 0 Å². The average Bonchev–Trinajstić information content (AvgIpc) is 3.04.